The molecule has 0 saturated carbocycles. The standard InChI is InChI=1S/C17H27N5O10S/c1-33-3-2-8(15(29)22-10(17(31)32)6-13(26)27)20-16(30)9(5-12(24)25)21-14(28)7(18)4-11(19)23/h7-10H,2-6,18H2,1H3,(H2,19,23)(H,20,30)(H,21,28)(H,22,29)(H,24,25)(H,26,27)(H,31,32). The maximum absolute atomic E-state index is 12.6. The van der Waals surface area contributed by atoms with Crippen molar-refractivity contribution in [2.45, 2.75) is 49.9 Å². The molecule has 0 aromatic carbocycles. The fourth-order valence-corrected chi connectivity index (χ4v) is 2.87. The number of carboxylic acid groups (broad SMARTS) is 3. The molecular weight excluding hydrogens is 466 g/mol. The molecule has 4 unspecified atom stereocenters. The van der Waals surface area contributed by atoms with Gasteiger partial charge in [0.25, 0.3) is 0 Å². The molecule has 0 aromatic rings. The van der Waals surface area contributed by atoms with E-state index in [2.05, 4.69) is 10.6 Å². The summed E-state index contributed by atoms with van der Waals surface area (Å²) in [5, 5.41) is 33.2. The number of thioether (sulfide) groups is 1. The molecule has 4 atom stereocenters. The molecule has 4 amide bonds. The molecule has 0 saturated heterocycles. The minimum atomic E-state index is -1.77. The van der Waals surface area contributed by atoms with Crippen LogP contribution in [0.5, 0.6) is 0 Å². The van der Waals surface area contributed by atoms with Crippen molar-refractivity contribution in [3.8, 4) is 0 Å². The van der Waals surface area contributed by atoms with Gasteiger partial charge in [0.05, 0.1) is 25.3 Å². The Morgan fingerprint density at radius 1 is 0.758 bits per heavy atom. The lowest BCUT2D eigenvalue weighted by Crippen LogP contribution is -2.58. The molecule has 15 nitrogen and oxygen atoms in total. The summed E-state index contributed by atoms with van der Waals surface area (Å²) in [7, 11) is 0. The molecule has 16 heteroatoms. The third kappa shape index (κ3) is 12.3. The second kappa shape index (κ2) is 14.6. The largest absolute Gasteiger partial charge is 0.481 e. The van der Waals surface area contributed by atoms with Crippen molar-refractivity contribution in [3.05, 3.63) is 0 Å². The number of aliphatic carboxylic acids is 3. The highest BCUT2D eigenvalue weighted by Crippen LogP contribution is 2.05. The van der Waals surface area contributed by atoms with Crippen LogP contribution < -0.4 is 27.4 Å². The van der Waals surface area contributed by atoms with Gasteiger partial charge < -0.3 is 42.7 Å². The molecule has 0 aliphatic heterocycles. The molecular formula is C17H27N5O10S. The number of carboxylic acids is 3. The molecule has 0 aliphatic rings. The summed E-state index contributed by atoms with van der Waals surface area (Å²) in [6.45, 7) is 0. The van der Waals surface area contributed by atoms with Gasteiger partial charge in [0.1, 0.15) is 18.1 Å². The Kier molecular flexibility index (Phi) is 13.1. The summed E-state index contributed by atoms with van der Waals surface area (Å²) in [6.07, 6.45) is -0.706. The minimum absolute atomic E-state index is 0.0208. The summed E-state index contributed by atoms with van der Waals surface area (Å²) < 4.78 is 0. The van der Waals surface area contributed by atoms with Crippen molar-refractivity contribution >= 4 is 53.3 Å². The Labute approximate surface area is 192 Å². The van der Waals surface area contributed by atoms with Crippen LogP contribution in [0.2, 0.25) is 0 Å². The Balaban J connectivity index is 5.51. The Morgan fingerprint density at radius 3 is 1.67 bits per heavy atom. The van der Waals surface area contributed by atoms with Gasteiger partial charge in [0.2, 0.25) is 23.6 Å². The zero-order valence-electron chi connectivity index (χ0n) is 17.6. The zero-order chi connectivity index (χ0) is 25.7. The number of rotatable bonds is 16. The number of carbonyl (C=O) groups is 7. The molecule has 0 spiro atoms. The van der Waals surface area contributed by atoms with Crippen LogP contribution in [-0.2, 0) is 33.6 Å². The lowest BCUT2D eigenvalue weighted by molar-refractivity contribution is -0.147. The number of hydrogen-bond donors (Lipinski definition) is 8. The molecule has 33 heavy (non-hydrogen) atoms. The van der Waals surface area contributed by atoms with Crippen molar-refractivity contribution in [1.82, 2.24) is 16.0 Å². The van der Waals surface area contributed by atoms with Crippen molar-refractivity contribution in [1.29, 1.82) is 0 Å². The number of amides is 4. The van der Waals surface area contributed by atoms with Gasteiger partial charge in [-0.3, -0.25) is 28.8 Å². The zero-order valence-corrected chi connectivity index (χ0v) is 18.4. The fourth-order valence-electron chi connectivity index (χ4n) is 2.40. The van der Waals surface area contributed by atoms with Gasteiger partial charge in [-0.1, -0.05) is 0 Å². The van der Waals surface area contributed by atoms with Crippen molar-refractivity contribution < 1.29 is 48.9 Å². The Morgan fingerprint density at radius 2 is 1.21 bits per heavy atom. The van der Waals surface area contributed by atoms with E-state index < -0.39 is 85.0 Å². The number of hydrogen-bond acceptors (Lipinski definition) is 9. The molecule has 0 aliphatic carbocycles. The summed E-state index contributed by atoms with van der Waals surface area (Å²) in [5.74, 6) is -8.30. The maximum atomic E-state index is 12.6. The topological polar surface area (TPSA) is 268 Å². The van der Waals surface area contributed by atoms with Gasteiger partial charge >= 0.3 is 17.9 Å². The van der Waals surface area contributed by atoms with Crippen LogP contribution in [-0.4, -0.2) is 93.0 Å². The van der Waals surface area contributed by atoms with E-state index in [4.69, 9.17) is 26.8 Å². The van der Waals surface area contributed by atoms with Gasteiger partial charge in [0, 0.05) is 0 Å². The van der Waals surface area contributed by atoms with Gasteiger partial charge in [-0.15, -0.1) is 0 Å². The minimum Gasteiger partial charge on any atom is -0.481 e. The molecule has 0 fully saturated rings. The lowest BCUT2D eigenvalue weighted by Gasteiger charge is -2.24. The summed E-state index contributed by atoms with van der Waals surface area (Å²) in [5.41, 5.74) is 10.4. The molecule has 0 radical (unpaired) electrons. The number of carbonyl (C=O) groups excluding carboxylic acids is 4. The first kappa shape index (κ1) is 29.6. The van der Waals surface area contributed by atoms with E-state index in [1.165, 1.54) is 11.8 Å². The normalized spacial score (nSPS) is 14.1. The predicted molar refractivity (Wildman–Crippen MR) is 113 cm³/mol. The smallest absolute Gasteiger partial charge is 0.326 e. The molecule has 0 aromatic heterocycles. The average Bonchev–Trinajstić information content (AvgIpc) is 2.68. The number of nitrogens with one attached hydrogen (secondary N) is 3. The lowest BCUT2D eigenvalue weighted by atomic mass is 10.1. The maximum Gasteiger partial charge on any atom is 0.326 e. The van der Waals surface area contributed by atoms with E-state index in [0.717, 1.165) is 0 Å². The van der Waals surface area contributed by atoms with E-state index in [0.29, 0.717) is 5.75 Å². The van der Waals surface area contributed by atoms with Gasteiger partial charge in [0.15, 0.2) is 0 Å². The van der Waals surface area contributed by atoms with Crippen molar-refractivity contribution in [2.75, 3.05) is 12.0 Å². The quantitative estimate of drug-likeness (QED) is 0.104. The average molecular weight is 493 g/mol. The fraction of sp³-hybridized carbons (Fsp3) is 0.588. The van der Waals surface area contributed by atoms with E-state index >= 15 is 0 Å². The SMILES string of the molecule is CSCCC(NC(=O)C(CC(=O)O)NC(=O)C(N)CC(N)=O)C(=O)NC(CC(=O)O)C(=O)O. The third-order valence-electron chi connectivity index (χ3n) is 4.01. The van der Waals surface area contributed by atoms with Crippen molar-refractivity contribution in [3.63, 3.8) is 0 Å². The van der Waals surface area contributed by atoms with Crippen LogP contribution in [0.3, 0.4) is 0 Å². The summed E-state index contributed by atoms with van der Waals surface area (Å²) in [6, 6.07) is -6.28. The first-order valence-corrected chi connectivity index (χ1v) is 10.8. The Hall–Kier alpha value is -3.40. The van der Waals surface area contributed by atoms with Gasteiger partial charge in [-0.05, 0) is 18.4 Å². The summed E-state index contributed by atoms with van der Waals surface area (Å²) >= 11 is 1.28. The molecule has 0 heterocycles. The van der Waals surface area contributed by atoms with Crippen LogP contribution in [0.25, 0.3) is 0 Å². The van der Waals surface area contributed by atoms with Gasteiger partial charge in [-0.2, -0.15) is 11.8 Å². The second-order valence-corrected chi connectivity index (χ2v) is 7.76. The monoisotopic (exact) mass is 493 g/mol. The van der Waals surface area contributed by atoms with Crippen LogP contribution in [0.1, 0.15) is 25.7 Å². The third-order valence-corrected chi connectivity index (χ3v) is 4.65. The molecule has 186 valence electrons. The number of nitrogens with two attached hydrogens (primary N) is 2. The molecule has 10 N–H and O–H groups in total. The van der Waals surface area contributed by atoms with Crippen LogP contribution in [0.15, 0.2) is 0 Å². The van der Waals surface area contributed by atoms with E-state index in [-0.39, 0.29) is 6.42 Å². The molecule has 0 rings (SSSR count). The van der Waals surface area contributed by atoms with Crippen LogP contribution >= 0.6 is 11.8 Å². The highest BCUT2D eigenvalue weighted by atomic mass is 32.2. The summed E-state index contributed by atoms with van der Waals surface area (Å²) in [4.78, 5) is 81.2. The van der Waals surface area contributed by atoms with Gasteiger partial charge in [-0.25, -0.2) is 4.79 Å². The van der Waals surface area contributed by atoms with E-state index in [9.17, 15) is 33.6 Å². The van der Waals surface area contributed by atoms with Crippen molar-refractivity contribution in [2.24, 2.45) is 11.5 Å². The molecule has 0 bridgehead atoms. The Bertz CT molecular complexity index is 777. The van der Waals surface area contributed by atoms with E-state index in [1.807, 2.05) is 5.32 Å². The van der Waals surface area contributed by atoms with Crippen LogP contribution in [0.4, 0.5) is 0 Å². The van der Waals surface area contributed by atoms with E-state index in [1.54, 1.807) is 6.26 Å². The number of primary amides is 1. The highest BCUT2D eigenvalue weighted by molar-refractivity contribution is 7.98. The highest BCUT2D eigenvalue weighted by Gasteiger charge is 2.32. The first-order chi connectivity index (χ1) is 15.3. The second-order valence-electron chi connectivity index (χ2n) is 6.78. The first-order valence-electron chi connectivity index (χ1n) is 9.38. The predicted octanol–water partition coefficient (Wildman–Crippen LogP) is -3.57. The van der Waals surface area contributed by atoms with Crippen LogP contribution in [0, 0.1) is 0 Å².